The number of amides is 1. The molecule has 0 aliphatic carbocycles. The van der Waals surface area contributed by atoms with Crippen LogP contribution in [0.15, 0.2) is 24.3 Å². The molecule has 0 fully saturated rings. The molecular weight excluding hydrogens is 312 g/mol. The summed E-state index contributed by atoms with van der Waals surface area (Å²) in [5.41, 5.74) is 0.978. The van der Waals surface area contributed by atoms with Gasteiger partial charge < -0.3 is 15.2 Å². The predicted octanol–water partition coefficient (Wildman–Crippen LogP) is 2.21. The number of rotatable bonds is 4. The zero-order valence-corrected chi connectivity index (χ0v) is 12.9. The van der Waals surface area contributed by atoms with Crippen molar-refractivity contribution in [2.75, 3.05) is 5.32 Å². The third kappa shape index (κ3) is 3.59. The number of carboxylic acid groups (broad SMARTS) is 1. The van der Waals surface area contributed by atoms with E-state index in [1.54, 1.807) is 38.1 Å². The van der Waals surface area contributed by atoms with Crippen LogP contribution in [0.25, 0.3) is 0 Å². The van der Waals surface area contributed by atoms with Gasteiger partial charge in [-0.05, 0) is 38.1 Å². The summed E-state index contributed by atoms with van der Waals surface area (Å²) in [5.74, 6) is -2.10. The number of hydrogen-bond donors (Lipinski definition) is 1. The van der Waals surface area contributed by atoms with Gasteiger partial charge in [0.15, 0.2) is 0 Å². The summed E-state index contributed by atoms with van der Waals surface area (Å²) in [6.07, 6.45) is 0. The number of nitrogens with one attached hydrogen (secondary N) is 1. The van der Waals surface area contributed by atoms with Crippen LogP contribution in [0, 0.1) is 6.92 Å². The van der Waals surface area contributed by atoms with Crippen LogP contribution < -0.4 is 10.4 Å². The minimum atomic E-state index is -1.28. The molecule has 1 aromatic heterocycles. The topological polar surface area (TPSA) is 82.1 Å². The molecule has 0 bridgehead atoms. The van der Waals surface area contributed by atoms with Crippen molar-refractivity contribution in [1.82, 2.24) is 4.98 Å². The van der Waals surface area contributed by atoms with Gasteiger partial charge in [0.2, 0.25) is 5.91 Å². The van der Waals surface area contributed by atoms with Crippen molar-refractivity contribution < 1.29 is 14.7 Å². The van der Waals surface area contributed by atoms with Crippen molar-refractivity contribution in [3.8, 4) is 0 Å². The van der Waals surface area contributed by atoms with Crippen LogP contribution in [-0.2, 0) is 4.79 Å². The highest BCUT2D eigenvalue weighted by Gasteiger charge is 2.21. The average molecular weight is 324 g/mol. The van der Waals surface area contributed by atoms with Gasteiger partial charge in [-0.3, -0.25) is 4.79 Å². The minimum absolute atomic E-state index is 0.0520. The molecule has 1 aromatic carbocycles. The first-order chi connectivity index (χ1) is 9.88. The molecule has 0 unspecified atom stereocenters. The zero-order chi connectivity index (χ0) is 15.6. The number of carbonyl (C=O) groups excluding carboxylic acids is 2. The van der Waals surface area contributed by atoms with Gasteiger partial charge in [0.05, 0.1) is 22.5 Å². The second-order valence-corrected chi connectivity index (χ2v) is 5.94. The van der Waals surface area contributed by atoms with Crippen LogP contribution in [-0.4, -0.2) is 16.9 Å². The smallest absolute Gasteiger partial charge is 0.234 e. The molecular formula is C14H12ClN2O3S-. The first-order valence-corrected chi connectivity index (χ1v) is 7.33. The Hall–Kier alpha value is -1.92. The number of carbonyl (C=O) groups is 2. The van der Waals surface area contributed by atoms with Crippen LogP contribution in [0.5, 0.6) is 0 Å². The molecule has 1 heterocycles. The average Bonchev–Trinajstić information content (AvgIpc) is 2.82. The van der Waals surface area contributed by atoms with E-state index in [0.29, 0.717) is 21.4 Å². The van der Waals surface area contributed by atoms with Crippen molar-refractivity contribution in [2.24, 2.45) is 0 Å². The summed E-state index contributed by atoms with van der Waals surface area (Å²) < 4.78 is 0. The Morgan fingerprint density at radius 3 is 2.48 bits per heavy atom. The van der Waals surface area contributed by atoms with E-state index in [2.05, 4.69) is 10.3 Å². The van der Waals surface area contributed by atoms with E-state index in [9.17, 15) is 14.7 Å². The molecule has 0 aliphatic heterocycles. The number of nitrogens with zero attached hydrogens (tertiary/aromatic N) is 1. The highest BCUT2D eigenvalue weighted by atomic mass is 35.5. The second kappa shape index (κ2) is 6.24. The largest absolute Gasteiger partial charge is 0.544 e. The van der Waals surface area contributed by atoms with Gasteiger partial charge in [-0.25, -0.2) is 4.98 Å². The molecule has 21 heavy (non-hydrogen) atoms. The Morgan fingerprint density at radius 2 is 1.95 bits per heavy atom. The SMILES string of the molecule is Cc1nc([C@@H](C)C(=O)Nc2ccc(Cl)cc2)sc1C(=O)[O-]. The second-order valence-electron chi connectivity index (χ2n) is 4.47. The Kier molecular flexibility index (Phi) is 4.59. The molecule has 0 saturated carbocycles. The number of anilines is 1. The number of thiazole rings is 1. The van der Waals surface area contributed by atoms with Crippen molar-refractivity contribution >= 4 is 40.5 Å². The van der Waals surface area contributed by atoms with Crippen LogP contribution in [0.4, 0.5) is 5.69 Å². The number of benzene rings is 1. The standard InChI is InChI=1S/C14H13ClN2O3S/c1-7(13-16-8(2)11(21-13)14(19)20)12(18)17-10-5-3-9(15)4-6-10/h3-7H,1-2H3,(H,17,18)(H,19,20)/p-1/t7-/m0/s1. The van der Waals surface area contributed by atoms with Crippen LogP contribution >= 0.6 is 22.9 Å². The number of aromatic carboxylic acids is 1. The monoisotopic (exact) mass is 323 g/mol. The lowest BCUT2D eigenvalue weighted by molar-refractivity contribution is -0.254. The number of hydrogen-bond acceptors (Lipinski definition) is 5. The normalized spacial score (nSPS) is 12.0. The first kappa shape index (κ1) is 15.5. The van der Waals surface area contributed by atoms with Crippen LogP contribution in [0.2, 0.25) is 5.02 Å². The van der Waals surface area contributed by atoms with Gasteiger partial charge in [-0.1, -0.05) is 11.6 Å². The molecule has 0 saturated heterocycles. The van der Waals surface area contributed by atoms with E-state index in [1.807, 2.05) is 0 Å². The van der Waals surface area contributed by atoms with Crippen molar-refractivity contribution in [3.05, 3.63) is 44.9 Å². The fourth-order valence-electron chi connectivity index (χ4n) is 1.69. The quantitative estimate of drug-likeness (QED) is 0.935. The molecule has 0 spiro atoms. The summed E-state index contributed by atoms with van der Waals surface area (Å²) >= 11 is 6.74. The van der Waals surface area contributed by atoms with Crippen molar-refractivity contribution in [1.29, 1.82) is 0 Å². The zero-order valence-electron chi connectivity index (χ0n) is 11.3. The van der Waals surface area contributed by atoms with Crippen LogP contribution in [0.1, 0.15) is 33.2 Å². The van der Waals surface area contributed by atoms with Gasteiger partial charge in [-0.15, -0.1) is 11.3 Å². The third-order valence-electron chi connectivity index (χ3n) is 2.87. The lowest BCUT2D eigenvalue weighted by atomic mass is 10.1. The molecule has 5 nitrogen and oxygen atoms in total. The number of carboxylic acids is 1. The maximum atomic E-state index is 12.1. The summed E-state index contributed by atoms with van der Waals surface area (Å²) in [5, 5.41) is 14.6. The predicted molar refractivity (Wildman–Crippen MR) is 79.7 cm³/mol. The fourth-order valence-corrected chi connectivity index (χ4v) is 2.77. The van der Waals surface area contributed by atoms with Gasteiger partial charge in [-0.2, -0.15) is 0 Å². The molecule has 1 N–H and O–H groups in total. The summed E-state index contributed by atoms with van der Waals surface area (Å²) in [4.78, 5) is 27.2. The Labute approximate surface area is 130 Å². The maximum Gasteiger partial charge on any atom is 0.234 e. The van der Waals surface area contributed by atoms with Gasteiger partial charge in [0.1, 0.15) is 5.01 Å². The fraction of sp³-hybridized carbons (Fsp3) is 0.214. The minimum Gasteiger partial charge on any atom is -0.544 e. The summed E-state index contributed by atoms with van der Waals surface area (Å²) in [7, 11) is 0. The number of aromatic nitrogens is 1. The number of aryl methyl sites for hydroxylation is 1. The first-order valence-electron chi connectivity index (χ1n) is 6.13. The Balaban J connectivity index is 2.13. The highest BCUT2D eigenvalue weighted by molar-refractivity contribution is 7.13. The third-order valence-corrected chi connectivity index (χ3v) is 4.45. The van der Waals surface area contributed by atoms with E-state index in [1.165, 1.54) is 0 Å². The van der Waals surface area contributed by atoms with E-state index < -0.39 is 11.9 Å². The summed E-state index contributed by atoms with van der Waals surface area (Å²) in [6.45, 7) is 3.25. The van der Waals surface area contributed by atoms with E-state index in [4.69, 9.17) is 11.6 Å². The maximum absolute atomic E-state index is 12.1. The Bertz CT molecular complexity index is 682. The molecule has 2 aromatic rings. The van der Waals surface area contributed by atoms with Gasteiger partial charge in [0.25, 0.3) is 0 Å². The van der Waals surface area contributed by atoms with Gasteiger partial charge >= 0.3 is 0 Å². The van der Waals surface area contributed by atoms with E-state index in [0.717, 1.165) is 11.3 Å². The van der Waals surface area contributed by atoms with Gasteiger partial charge in [0, 0.05) is 10.7 Å². The highest BCUT2D eigenvalue weighted by Crippen LogP contribution is 2.26. The number of halogens is 1. The lowest BCUT2D eigenvalue weighted by Crippen LogP contribution is -2.21. The van der Waals surface area contributed by atoms with Crippen LogP contribution in [0.3, 0.4) is 0 Å². The molecule has 110 valence electrons. The van der Waals surface area contributed by atoms with Crippen molar-refractivity contribution in [2.45, 2.75) is 19.8 Å². The molecule has 7 heteroatoms. The molecule has 0 aliphatic rings. The molecule has 1 amide bonds. The molecule has 0 radical (unpaired) electrons. The molecule has 1 atom stereocenters. The molecule has 2 rings (SSSR count). The Morgan fingerprint density at radius 1 is 1.33 bits per heavy atom. The van der Waals surface area contributed by atoms with E-state index in [-0.39, 0.29) is 10.8 Å². The van der Waals surface area contributed by atoms with Crippen molar-refractivity contribution in [3.63, 3.8) is 0 Å². The lowest BCUT2D eigenvalue weighted by Gasteiger charge is -2.09. The summed E-state index contributed by atoms with van der Waals surface area (Å²) in [6, 6.07) is 6.71. The van der Waals surface area contributed by atoms with E-state index >= 15 is 0 Å².